The van der Waals surface area contributed by atoms with Crippen molar-refractivity contribution in [2.75, 3.05) is 13.1 Å². The number of aromatic amines is 1. The molecule has 2 aromatic heterocycles. The number of hydrogen-bond donors (Lipinski definition) is 2. The molecule has 0 radical (unpaired) electrons. The number of carbonyl (C=O) groups excluding carboxylic acids is 1. The number of likely N-dealkylation sites (tertiary alicyclic amines) is 1. The molecule has 7 heteroatoms. The first kappa shape index (κ1) is 14.2. The summed E-state index contributed by atoms with van der Waals surface area (Å²) in [7, 11) is 0. The molecule has 0 aliphatic carbocycles. The average Bonchev–Trinajstić information content (AvgIpc) is 3.15. The summed E-state index contributed by atoms with van der Waals surface area (Å²) in [6.45, 7) is 2.31. The van der Waals surface area contributed by atoms with E-state index < -0.39 is 11.4 Å². The number of hydrogen-bond acceptors (Lipinski definition) is 4. The number of carboxylic acid groups (broad SMARTS) is 1. The Bertz CT molecular complexity index is 713. The van der Waals surface area contributed by atoms with E-state index in [-0.39, 0.29) is 12.5 Å². The third-order valence-corrected chi connectivity index (χ3v) is 4.12. The lowest BCUT2D eigenvalue weighted by atomic mass is 9.90. The third kappa shape index (κ3) is 2.34. The zero-order valence-electron chi connectivity index (χ0n) is 12.1. The Morgan fingerprint density at radius 2 is 2.09 bits per heavy atom. The summed E-state index contributed by atoms with van der Waals surface area (Å²) < 4.78 is 0. The van der Waals surface area contributed by atoms with Crippen LogP contribution in [0, 0.1) is 5.41 Å². The van der Waals surface area contributed by atoms with Gasteiger partial charge in [-0.2, -0.15) is 5.10 Å². The van der Waals surface area contributed by atoms with Crippen molar-refractivity contribution in [3.8, 4) is 11.3 Å². The van der Waals surface area contributed by atoms with Crippen LogP contribution in [0.5, 0.6) is 0 Å². The molecule has 0 spiro atoms. The molecule has 7 nitrogen and oxygen atoms in total. The molecule has 1 saturated heterocycles. The summed E-state index contributed by atoms with van der Waals surface area (Å²) in [6, 6.07) is 3.57. The maximum Gasteiger partial charge on any atom is 0.311 e. The Balaban J connectivity index is 1.86. The molecular weight excluding hydrogens is 284 g/mol. The van der Waals surface area contributed by atoms with Crippen molar-refractivity contribution >= 4 is 11.9 Å². The normalized spacial score (nSPS) is 21.0. The highest BCUT2D eigenvalue weighted by Gasteiger charge is 2.42. The summed E-state index contributed by atoms with van der Waals surface area (Å²) in [5.74, 6) is -1.07. The van der Waals surface area contributed by atoms with E-state index >= 15 is 0 Å². The van der Waals surface area contributed by atoms with Crippen LogP contribution in [0.4, 0.5) is 0 Å². The van der Waals surface area contributed by atoms with Gasteiger partial charge in [0.25, 0.3) is 5.91 Å². The van der Waals surface area contributed by atoms with Gasteiger partial charge in [-0.05, 0) is 25.5 Å². The molecule has 0 saturated carbocycles. The fraction of sp³-hybridized carbons (Fsp3) is 0.333. The molecule has 0 aromatic carbocycles. The van der Waals surface area contributed by atoms with Crippen molar-refractivity contribution in [1.82, 2.24) is 20.1 Å². The largest absolute Gasteiger partial charge is 0.481 e. The predicted molar refractivity (Wildman–Crippen MR) is 78.1 cm³/mol. The van der Waals surface area contributed by atoms with E-state index in [4.69, 9.17) is 0 Å². The molecule has 2 N–H and O–H groups in total. The van der Waals surface area contributed by atoms with Gasteiger partial charge in [0.15, 0.2) is 0 Å². The van der Waals surface area contributed by atoms with E-state index in [1.807, 2.05) is 0 Å². The number of carbonyl (C=O) groups is 2. The van der Waals surface area contributed by atoms with Crippen LogP contribution in [0.25, 0.3) is 11.3 Å². The molecule has 1 fully saturated rings. The minimum absolute atomic E-state index is 0.203. The van der Waals surface area contributed by atoms with Gasteiger partial charge in [0, 0.05) is 31.0 Å². The van der Waals surface area contributed by atoms with Crippen LogP contribution in [0.1, 0.15) is 23.7 Å². The van der Waals surface area contributed by atoms with E-state index in [2.05, 4.69) is 15.2 Å². The highest BCUT2D eigenvalue weighted by molar-refractivity contribution is 6.00. The zero-order valence-corrected chi connectivity index (χ0v) is 12.1. The molecular formula is C15H16N4O3. The van der Waals surface area contributed by atoms with Crippen molar-refractivity contribution in [1.29, 1.82) is 0 Å². The number of aliphatic carboxylic acids is 1. The second kappa shape index (κ2) is 5.25. The number of H-pyrrole nitrogens is 1. The lowest BCUT2D eigenvalue weighted by molar-refractivity contribution is -0.147. The molecule has 0 bridgehead atoms. The van der Waals surface area contributed by atoms with Crippen LogP contribution in [0.15, 0.2) is 30.7 Å². The summed E-state index contributed by atoms with van der Waals surface area (Å²) in [5.41, 5.74) is 1.00. The smallest absolute Gasteiger partial charge is 0.311 e. The van der Waals surface area contributed by atoms with Crippen LogP contribution >= 0.6 is 0 Å². The highest BCUT2D eigenvalue weighted by atomic mass is 16.4. The van der Waals surface area contributed by atoms with Crippen molar-refractivity contribution in [3.05, 3.63) is 36.3 Å². The number of amides is 1. The topological polar surface area (TPSA) is 99.2 Å². The second-order valence-electron chi connectivity index (χ2n) is 5.74. The van der Waals surface area contributed by atoms with Gasteiger partial charge in [-0.1, -0.05) is 0 Å². The Labute approximate surface area is 127 Å². The van der Waals surface area contributed by atoms with E-state index in [1.54, 1.807) is 36.4 Å². The van der Waals surface area contributed by atoms with Crippen molar-refractivity contribution in [2.45, 2.75) is 13.3 Å². The Kier molecular flexibility index (Phi) is 3.40. The maximum absolute atomic E-state index is 12.7. The van der Waals surface area contributed by atoms with Crippen molar-refractivity contribution < 1.29 is 14.7 Å². The molecule has 1 aliphatic rings. The second-order valence-corrected chi connectivity index (χ2v) is 5.74. The average molecular weight is 300 g/mol. The molecule has 2 aromatic rings. The van der Waals surface area contributed by atoms with E-state index in [0.29, 0.717) is 24.2 Å². The summed E-state index contributed by atoms with van der Waals surface area (Å²) >= 11 is 0. The van der Waals surface area contributed by atoms with Crippen LogP contribution < -0.4 is 0 Å². The highest BCUT2D eigenvalue weighted by Crippen LogP contribution is 2.32. The standard InChI is InChI=1S/C15H16N4O3/c1-15(14(21)22)4-7-19(9-15)13(20)11-8-17-18-12(11)10-2-5-16-6-3-10/h2-3,5-6,8H,4,7,9H2,1H3,(H,17,18)(H,21,22). The lowest BCUT2D eigenvalue weighted by Gasteiger charge is -2.20. The van der Waals surface area contributed by atoms with Crippen LogP contribution in [0.2, 0.25) is 0 Å². The molecule has 1 amide bonds. The first-order valence-electron chi connectivity index (χ1n) is 6.98. The van der Waals surface area contributed by atoms with Gasteiger partial charge in [0.2, 0.25) is 0 Å². The van der Waals surface area contributed by atoms with Gasteiger partial charge >= 0.3 is 5.97 Å². The molecule has 1 aliphatic heterocycles. The predicted octanol–water partition coefficient (Wildman–Crippen LogP) is 1.41. The fourth-order valence-corrected chi connectivity index (χ4v) is 2.67. The van der Waals surface area contributed by atoms with Gasteiger partial charge in [0.1, 0.15) is 0 Å². The summed E-state index contributed by atoms with van der Waals surface area (Å²) in [4.78, 5) is 29.5. The Hall–Kier alpha value is -2.70. The van der Waals surface area contributed by atoms with Gasteiger partial charge in [0.05, 0.1) is 22.9 Å². The monoisotopic (exact) mass is 300 g/mol. The van der Waals surface area contributed by atoms with Crippen LogP contribution in [-0.2, 0) is 4.79 Å². The molecule has 1 unspecified atom stereocenters. The summed E-state index contributed by atoms with van der Waals surface area (Å²) in [6.07, 6.45) is 5.22. The molecule has 3 heterocycles. The molecule has 3 rings (SSSR count). The Morgan fingerprint density at radius 1 is 1.36 bits per heavy atom. The summed E-state index contributed by atoms with van der Waals surface area (Å²) in [5, 5.41) is 16.1. The minimum Gasteiger partial charge on any atom is -0.481 e. The number of aromatic nitrogens is 3. The van der Waals surface area contributed by atoms with E-state index in [9.17, 15) is 14.7 Å². The van der Waals surface area contributed by atoms with E-state index in [0.717, 1.165) is 5.56 Å². The van der Waals surface area contributed by atoms with Crippen molar-refractivity contribution in [2.24, 2.45) is 5.41 Å². The first-order valence-corrected chi connectivity index (χ1v) is 6.98. The van der Waals surface area contributed by atoms with Crippen LogP contribution in [-0.4, -0.2) is 50.2 Å². The quantitative estimate of drug-likeness (QED) is 0.892. The SMILES string of the molecule is CC1(C(=O)O)CCN(C(=O)c2cn[nH]c2-c2ccncc2)C1. The van der Waals surface area contributed by atoms with Crippen molar-refractivity contribution in [3.63, 3.8) is 0 Å². The number of rotatable bonds is 3. The van der Waals surface area contributed by atoms with Crippen LogP contribution in [0.3, 0.4) is 0 Å². The molecule has 22 heavy (non-hydrogen) atoms. The number of carboxylic acids is 1. The lowest BCUT2D eigenvalue weighted by Crippen LogP contribution is -2.34. The van der Waals surface area contributed by atoms with E-state index in [1.165, 1.54) is 6.20 Å². The van der Waals surface area contributed by atoms with Gasteiger partial charge in [-0.15, -0.1) is 0 Å². The zero-order chi connectivity index (χ0) is 15.7. The number of pyridine rings is 1. The fourth-order valence-electron chi connectivity index (χ4n) is 2.67. The minimum atomic E-state index is -0.879. The number of nitrogens with zero attached hydrogens (tertiary/aromatic N) is 3. The van der Waals surface area contributed by atoms with Gasteiger partial charge in [-0.25, -0.2) is 0 Å². The van der Waals surface area contributed by atoms with Gasteiger partial charge in [-0.3, -0.25) is 19.7 Å². The van der Waals surface area contributed by atoms with Gasteiger partial charge < -0.3 is 10.0 Å². The molecule has 114 valence electrons. The number of nitrogens with one attached hydrogen (secondary N) is 1. The third-order valence-electron chi connectivity index (χ3n) is 4.12. The Morgan fingerprint density at radius 3 is 2.73 bits per heavy atom. The first-order chi connectivity index (χ1) is 10.5. The maximum atomic E-state index is 12.7. The molecule has 1 atom stereocenters.